The second kappa shape index (κ2) is 12.7. The van der Waals surface area contributed by atoms with E-state index in [0.717, 1.165) is 0 Å². The van der Waals surface area contributed by atoms with Crippen LogP contribution in [0.2, 0.25) is 10.0 Å². The van der Waals surface area contributed by atoms with Gasteiger partial charge in [0, 0.05) is 43.8 Å². The highest BCUT2D eigenvalue weighted by Gasteiger charge is 2.25. The molecule has 9 nitrogen and oxygen atoms in total. The molecular weight excluding hydrogens is 565 g/mol. The molecule has 1 aromatic heterocycles. The number of rotatable bonds is 5. The summed E-state index contributed by atoms with van der Waals surface area (Å²) in [6.07, 6.45) is 1.21. The van der Waals surface area contributed by atoms with Crippen molar-refractivity contribution in [2.75, 3.05) is 52.3 Å². The molecule has 1 saturated heterocycles. The van der Waals surface area contributed by atoms with Crippen molar-refractivity contribution in [3.63, 3.8) is 0 Å². The smallest absolute Gasteiger partial charge is 0.410 e. The van der Waals surface area contributed by atoms with Gasteiger partial charge in [0.25, 0.3) is 0 Å². The SMILES string of the molecule is COc1cc(Nc2c(C#N)cnc3cc(C#CCN4CCN(C(=O)OC(C)(C)C)CC4)c(OC)cc23)c(Cl)cc1Cl. The number of ether oxygens (including phenoxy) is 3. The number of anilines is 2. The van der Waals surface area contributed by atoms with E-state index in [1.165, 1.54) is 13.3 Å². The number of hydrogen-bond acceptors (Lipinski definition) is 8. The lowest BCUT2D eigenvalue weighted by molar-refractivity contribution is 0.0155. The van der Waals surface area contributed by atoms with E-state index in [0.29, 0.717) is 87.7 Å². The number of piperazine rings is 1. The second-order valence-corrected chi connectivity index (χ2v) is 11.2. The molecule has 2 heterocycles. The minimum absolute atomic E-state index is 0.289. The number of amides is 1. The van der Waals surface area contributed by atoms with Crippen molar-refractivity contribution >= 4 is 51.6 Å². The molecule has 0 spiro atoms. The van der Waals surface area contributed by atoms with Crippen molar-refractivity contribution in [3.05, 3.63) is 51.6 Å². The first-order valence-electron chi connectivity index (χ1n) is 12.9. The Hall–Kier alpha value is -3.89. The zero-order valence-electron chi connectivity index (χ0n) is 23.6. The Morgan fingerprint density at radius 2 is 1.73 bits per heavy atom. The Balaban J connectivity index is 1.55. The summed E-state index contributed by atoms with van der Waals surface area (Å²) in [6, 6.07) is 9.06. The van der Waals surface area contributed by atoms with Crippen LogP contribution in [0.25, 0.3) is 10.9 Å². The van der Waals surface area contributed by atoms with Gasteiger partial charge >= 0.3 is 6.09 Å². The fourth-order valence-electron chi connectivity index (χ4n) is 4.28. The lowest BCUT2D eigenvalue weighted by Crippen LogP contribution is -2.50. The van der Waals surface area contributed by atoms with E-state index < -0.39 is 5.60 Å². The fourth-order valence-corrected chi connectivity index (χ4v) is 4.79. The molecule has 1 amide bonds. The molecule has 0 radical (unpaired) electrons. The summed E-state index contributed by atoms with van der Waals surface area (Å²) in [5.41, 5.74) is 2.14. The average molecular weight is 597 g/mol. The third-order valence-corrected chi connectivity index (χ3v) is 6.97. The highest BCUT2D eigenvalue weighted by Crippen LogP contribution is 2.39. The molecule has 1 N–H and O–H groups in total. The number of fused-ring (bicyclic) bond motifs is 1. The molecule has 11 heteroatoms. The molecule has 0 atom stereocenters. The second-order valence-electron chi connectivity index (χ2n) is 10.4. The highest BCUT2D eigenvalue weighted by atomic mass is 35.5. The summed E-state index contributed by atoms with van der Waals surface area (Å²) in [6.45, 7) is 8.69. The molecule has 4 rings (SSSR count). The van der Waals surface area contributed by atoms with Crippen LogP contribution in [0.4, 0.5) is 16.2 Å². The monoisotopic (exact) mass is 595 g/mol. The first-order chi connectivity index (χ1) is 19.5. The molecule has 3 aromatic rings. The zero-order chi connectivity index (χ0) is 29.7. The van der Waals surface area contributed by atoms with Crippen molar-refractivity contribution in [2.45, 2.75) is 26.4 Å². The number of halogens is 2. The summed E-state index contributed by atoms with van der Waals surface area (Å²) in [7, 11) is 3.08. The number of nitrogens with one attached hydrogen (secondary N) is 1. The first kappa shape index (κ1) is 30.1. The summed E-state index contributed by atoms with van der Waals surface area (Å²) in [5, 5.41) is 14.4. The highest BCUT2D eigenvalue weighted by molar-refractivity contribution is 6.37. The molecule has 0 unspecified atom stereocenters. The molecule has 2 aromatic carbocycles. The van der Waals surface area contributed by atoms with Crippen LogP contribution in [0.5, 0.6) is 11.5 Å². The zero-order valence-corrected chi connectivity index (χ0v) is 25.1. The van der Waals surface area contributed by atoms with Gasteiger partial charge in [-0.3, -0.25) is 9.88 Å². The third kappa shape index (κ3) is 7.25. The number of carbonyl (C=O) groups is 1. The standard InChI is InChI=1S/C30H31Cl2N5O4/c1-30(2,3)41-29(38)37-11-9-36(10-12-37)8-6-7-19-13-24-21(14-26(19)39-4)28(20(17-33)18-34-24)35-25-16-27(40-5)23(32)15-22(25)31/h13-16,18H,8-12H2,1-5H3,(H,34,35). The maximum atomic E-state index is 12.3. The Morgan fingerprint density at radius 1 is 1.02 bits per heavy atom. The van der Waals surface area contributed by atoms with Crippen molar-refractivity contribution in [2.24, 2.45) is 0 Å². The number of carbonyl (C=O) groups excluding carboxylic acids is 1. The molecule has 0 saturated carbocycles. The van der Waals surface area contributed by atoms with Gasteiger partial charge in [0.2, 0.25) is 0 Å². The fraction of sp³-hybridized carbons (Fsp3) is 0.367. The molecule has 0 aliphatic carbocycles. The average Bonchev–Trinajstić information content (AvgIpc) is 2.93. The Labute approximate surface area is 249 Å². The number of hydrogen-bond donors (Lipinski definition) is 1. The van der Waals surface area contributed by atoms with Crippen LogP contribution < -0.4 is 14.8 Å². The maximum absolute atomic E-state index is 12.3. The number of benzene rings is 2. The van der Waals surface area contributed by atoms with Gasteiger partial charge in [-0.2, -0.15) is 5.26 Å². The number of nitrogens with zero attached hydrogens (tertiary/aromatic N) is 4. The molecule has 1 aliphatic heterocycles. The molecule has 41 heavy (non-hydrogen) atoms. The van der Waals surface area contributed by atoms with E-state index in [1.54, 1.807) is 30.2 Å². The normalized spacial score (nSPS) is 13.7. The lowest BCUT2D eigenvalue weighted by atomic mass is 10.1. The topological polar surface area (TPSA) is 100.0 Å². The number of methoxy groups -OCH3 is 2. The van der Waals surface area contributed by atoms with Crippen LogP contribution in [-0.4, -0.2) is 73.4 Å². The Bertz CT molecular complexity index is 1560. The van der Waals surface area contributed by atoms with Crippen LogP contribution in [-0.2, 0) is 4.74 Å². The van der Waals surface area contributed by atoms with Gasteiger partial charge < -0.3 is 24.4 Å². The van der Waals surface area contributed by atoms with Gasteiger partial charge in [0.1, 0.15) is 23.2 Å². The Morgan fingerprint density at radius 3 is 2.37 bits per heavy atom. The van der Waals surface area contributed by atoms with Crippen molar-refractivity contribution in [1.82, 2.24) is 14.8 Å². The predicted molar refractivity (Wildman–Crippen MR) is 160 cm³/mol. The maximum Gasteiger partial charge on any atom is 0.410 e. The van der Waals surface area contributed by atoms with E-state index in [2.05, 4.69) is 33.1 Å². The predicted octanol–water partition coefficient (Wildman–Crippen LogP) is 6.08. The quantitative estimate of drug-likeness (QED) is 0.354. The summed E-state index contributed by atoms with van der Waals surface area (Å²) in [5.74, 6) is 7.40. The van der Waals surface area contributed by atoms with E-state index >= 15 is 0 Å². The number of nitriles is 1. The first-order valence-corrected chi connectivity index (χ1v) is 13.7. The van der Waals surface area contributed by atoms with Crippen LogP contribution in [0.15, 0.2) is 30.5 Å². The minimum Gasteiger partial charge on any atom is -0.495 e. The minimum atomic E-state index is -0.517. The molecule has 0 bridgehead atoms. The van der Waals surface area contributed by atoms with Gasteiger partial charge in [0.05, 0.1) is 58.8 Å². The van der Waals surface area contributed by atoms with Crippen LogP contribution in [0.1, 0.15) is 31.9 Å². The van der Waals surface area contributed by atoms with E-state index in [4.69, 9.17) is 37.4 Å². The van der Waals surface area contributed by atoms with E-state index in [9.17, 15) is 10.1 Å². The largest absolute Gasteiger partial charge is 0.495 e. The molecule has 1 aliphatic rings. The third-order valence-electron chi connectivity index (χ3n) is 6.36. The van der Waals surface area contributed by atoms with Gasteiger partial charge in [-0.1, -0.05) is 35.0 Å². The number of pyridine rings is 1. The van der Waals surface area contributed by atoms with Crippen LogP contribution >= 0.6 is 23.2 Å². The van der Waals surface area contributed by atoms with Gasteiger partial charge in [-0.25, -0.2) is 4.79 Å². The van der Waals surface area contributed by atoms with E-state index in [1.807, 2.05) is 26.8 Å². The van der Waals surface area contributed by atoms with Crippen LogP contribution in [0.3, 0.4) is 0 Å². The van der Waals surface area contributed by atoms with Gasteiger partial charge in [-0.15, -0.1) is 0 Å². The Kier molecular flexibility index (Phi) is 9.35. The van der Waals surface area contributed by atoms with E-state index in [-0.39, 0.29) is 6.09 Å². The number of aromatic nitrogens is 1. The van der Waals surface area contributed by atoms with Crippen molar-refractivity contribution in [1.29, 1.82) is 5.26 Å². The van der Waals surface area contributed by atoms with Crippen molar-refractivity contribution in [3.8, 4) is 29.4 Å². The molecule has 214 valence electrons. The van der Waals surface area contributed by atoms with Gasteiger partial charge in [0.15, 0.2) is 0 Å². The lowest BCUT2D eigenvalue weighted by Gasteiger charge is -2.34. The van der Waals surface area contributed by atoms with Gasteiger partial charge in [-0.05, 0) is 39.0 Å². The summed E-state index contributed by atoms with van der Waals surface area (Å²) >= 11 is 12.6. The summed E-state index contributed by atoms with van der Waals surface area (Å²) < 4.78 is 16.4. The molecule has 1 fully saturated rings. The summed E-state index contributed by atoms with van der Waals surface area (Å²) in [4.78, 5) is 20.7. The molecular formula is C30H31Cl2N5O4. The van der Waals surface area contributed by atoms with Crippen LogP contribution in [0, 0.1) is 23.2 Å². The van der Waals surface area contributed by atoms with Crippen molar-refractivity contribution < 1.29 is 19.0 Å².